The second-order valence-electron chi connectivity index (χ2n) is 4.76. The Hall–Kier alpha value is -2.00. The van der Waals surface area contributed by atoms with Crippen molar-refractivity contribution in [2.24, 2.45) is 0 Å². The van der Waals surface area contributed by atoms with Crippen LogP contribution < -0.4 is 9.47 Å². The Morgan fingerprint density at radius 3 is 2.00 bits per heavy atom. The smallest absolute Gasteiger partial charge is 0.155 e. The van der Waals surface area contributed by atoms with Crippen molar-refractivity contribution in [3.8, 4) is 11.5 Å². The maximum absolute atomic E-state index is 9.42. The first kappa shape index (κ1) is 14.4. The van der Waals surface area contributed by atoms with Crippen LogP contribution >= 0.6 is 0 Å². The van der Waals surface area contributed by atoms with E-state index in [2.05, 4.69) is 0 Å². The molecule has 2 rings (SSSR count). The molecule has 0 amide bonds. The number of para-hydroxylation sites is 2. The van der Waals surface area contributed by atoms with Crippen LogP contribution in [0.1, 0.15) is 11.1 Å². The van der Waals surface area contributed by atoms with Crippen molar-refractivity contribution in [3.05, 3.63) is 59.7 Å². The van der Waals surface area contributed by atoms with Gasteiger partial charge in [0, 0.05) is 0 Å². The summed E-state index contributed by atoms with van der Waals surface area (Å²) in [5, 5.41) is 9.42. The number of aliphatic hydroxyl groups is 1. The van der Waals surface area contributed by atoms with Gasteiger partial charge in [0.25, 0.3) is 0 Å². The standard InChI is InChI=1S/C17H20O3/c1-13-7-3-5-9-16(13)19-12-15(11-18)20-17-10-6-4-8-14(17)2/h3-10,15,18H,11-12H2,1-2H3. The molecular formula is C17H20O3. The summed E-state index contributed by atoms with van der Waals surface area (Å²) in [6.07, 6.45) is -0.379. The second-order valence-corrected chi connectivity index (χ2v) is 4.76. The highest BCUT2D eigenvalue weighted by molar-refractivity contribution is 5.33. The number of aryl methyl sites for hydroxylation is 2. The molecule has 3 heteroatoms. The van der Waals surface area contributed by atoms with Gasteiger partial charge in [0.1, 0.15) is 18.1 Å². The van der Waals surface area contributed by atoms with Gasteiger partial charge in [0.15, 0.2) is 6.10 Å². The van der Waals surface area contributed by atoms with Crippen molar-refractivity contribution in [2.45, 2.75) is 20.0 Å². The van der Waals surface area contributed by atoms with Crippen LogP contribution in [0.15, 0.2) is 48.5 Å². The predicted octanol–water partition coefficient (Wildman–Crippen LogP) is 3.12. The number of aliphatic hydroxyl groups excluding tert-OH is 1. The van der Waals surface area contributed by atoms with Gasteiger partial charge < -0.3 is 14.6 Å². The van der Waals surface area contributed by atoms with Crippen LogP contribution in [-0.2, 0) is 0 Å². The van der Waals surface area contributed by atoms with E-state index in [-0.39, 0.29) is 12.7 Å². The molecular weight excluding hydrogens is 252 g/mol. The molecule has 1 unspecified atom stereocenters. The summed E-state index contributed by atoms with van der Waals surface area (Å²) in [5.41, 5.74) is 2.11. The van der Waals surface area contributed by atoms with Gasteiger partial charge >= 0.3 is 0 Å². The molecule has 0 aliphatic heterocycles. The maximum Gasteiger partial charge on any atom is 0.155 e. The van der Waals surface area contributed by atoms with Gasteiger partial charge in [0.2, 0.25) is 0 Å². The Morgan fingerprint density at radius 2 is 1.45 bits per heavy atom. The van der Waals surface area contributed by atoms with Crippen molar-refractivity contribution < 1.29 is 14.6 Å². The van der Waals surface area contributed by atoms with Crippen LogP contribution in [-0.4, -0.2) is 24.4 Å². The molecule has 0 aromatic heterocycles. The van der Waals surface area contributed by atoms with E-state index in [0.29, 0.717) is 6.61 Å². The van der Waals surface area contributed by atoms with E-state index < -0.39 is 0 Å². The van der Waals surface area contributed by atoms with Crippen molar-refractivity contribution in [3.63, 3.8) is 0 Å². The Morgan fingerprint density at radius 1 is 0.900 bits per heavy atom. The third-order valence-corrected chi connectivity index (χ3v) is 3.11. The largest absolute Gasteiger partial charge is 0.489 e. The SMILES string of the molecule is Cc1ccccc1OCC(CO)Oc1ccccc1C. The molecule has 0 heterocycles. The third kappa shape index (κ3) is 3.75. The summed E-state index contributed by atoms with van der Waals surface area (Å²) in [7, 11) is 0. The monoisotopic (exact) mass is 272 g/mol. The molecule has 2 aromatic carbocycles. The van der Waals surface area contributed by atoms with Gasteiger partial charge in [-0.3, -0.25) is 0 Å². The minimum Gasteiger partial charge on any atom is -0.489 e. The molecule has 2 aromatic rings. The first-order chi connectivity index (χ1) is 9.70. The number of benzene rings is 2. The molecule has 0 saturated heterocycles. The van der Waals surface area contributed by atoms with E-state index in [1.54, 1.807) is 0 Å². The lowest BCUT2D eigenvalue weighted by molar-refractivity contribution is 0.0711. The van der Waals surface area contributed by atoms with Crippen LogP contribution in [0.5, 0.6) is 11.5 Å². The van der Waals surface area contributed by atoms with Crippen molar-refractivity contribution >= 4 is 0 Å². The Labute approximate surface area is 119 Å². The predicted molar refractivity (Wildman–Crippen MR) is 79.4 cm³/mol. The first-order valence-corrected chi connectivity index (χ1v) is 6.72. The van der Waals surface area contributed by atoms with Crippen molar-refractivity contribution in [1.29, 1.82) is 0 Å². The second kappa shape index (κ2) is 6.96. The Balaban J connectivity index is 1.96. The molecule has 20 heavy (non-hydrogen) atoms. The third-order valence-electron chi connectivity index (χ3n) is 3.11. The van der Waals surface area contributed by atoms with Crippen LogP contribution in [0.25, 0.3) is 0 Å². The molecule has 0 radical (unpaired) electrons. The fraction of sp³-hybridized carbons (Fsp3) is 0.294. The zero-order valence-electron chi connectivity index (χ0n) is 11.9. The number of hydrogen-bond acceptors (Lipinski definition) is 3. The van der Waals surface area contributed by atoms with Crippen molar-refractivity contribution in [2.75, 3.05) is 13.2 Å². The van der Waals surface area contributed by atoms with E-state index in [9.17, 15) is 5.11 Å². The minimum absolute atomic E-state index is 0.0831. The van der Waals surface area contributed by atoms with Crippen molar-refractivity contribution in [1.82, 2.24) is 0 Å². The van der Waals surface area contributed by atoms with Gasteiger partial charge in [-0.1, -0.05) is 36.4 Å². The maximum atomic E-state index is 9.42. The molecule has 0 aliphatic rings. The lowest BCUT2D eigenvalue weighted by atomic mass is 10.2. The van der Waals surface area contributed by atoms with E-state index in [4.69, 9.17) is 9.47 Å². The highest BCUT2D eigenvalue weighted by atomic mass is 16.5. The molecule has 0 aliphatic carbocycles. The first-order valence-electron chi connectivity index (χ1n) is 6.72. The van der Waals surface area contributed by atoms with E-state index in [1.165, 1.54) is 0 Å². The average molecular weight is 272 g/mol. The number of hydrogen-bond donors (Lipinski definition) is 1. The quantitative estimate of drug-likeness (QED) is 0.878. The van der Waals surface area contributed by atoms with Crippen LogP contribution in [0, 0.1) is 13.8 Å². The fourth-order valence-electron chi connectivity index (χ4n) is 1.89. The number of ether oxygens (including phenoxy) is 2. The van der Waals surface area contributed by atoms with Gasteiger partial charge in [-0.25, -0.2) is 0 Å². The summed E-state index contributed by atoms with van der Waals surface area (Å²) in [6, 6.07) is 15.5. The summed E-state index contributed by atoms with van der Waals surface area (Å²) in [6.45, 7) is 4.20. The zero-order chi connectivity index (χ0) is 14.4. The summed E-state index contributed by atoms with van der Waals surface area (Å²) < 4.78 is 11.5. The summed E-state index contributed by atoms with van der Waals surface area (Å²) in [5.74, 6) is 1.60. The van der Waals surface area contributed by atoms with Crippen LogP contribution in [0.4, 0.5) is 0 Å². The van der Waals surface area contributed by atoms with Gasteiger partial charge in [0.05, 0.1) is 6.61 Å². The lowest BCUT2D eigenvalue weighted by Crippen LogP contribution is -2.29. The Kier molecular flexibility index (Phi) is 5.02. The van der Waals surface area contributed by atoms with Crippen LogP contribution in [0.2, 0.25) is 0 Å². The molecule has 0 saturated carbocycles. The van der Waals surface area contributed by atoms with Gasteiger partial charge in [-0.05, 0) is 37.1 Å². The highest BCUT2D eigenvalue weighted by Crippen LogP contribution is 2.20. The van der Waals surface area contributed by atoms with E-state index >= 15 is 0 Å². The Bertz CT molecular complexity index is 551. The minimum atomic E-state index is -0.379. The molecule has 0 spiro atoms. The summed E-state index contributed by atoms with van der Waals surface area (Å²) >= 11 is 0. The fourth-order valence-corrected chi connectivity index (χ4v) is 1.89. The van der Waals surface area contributed by atoms with E-state index in [1.807, 2.05) is 62.4 Å². The zero-order valence-corrected chi connectivity index (χ0v) is 11.9. The molecule has 1 N–H and O–H groups in total. The molecule has 106 valence electrons. The highest BCUT2D eigenvalue weighted by Gasteiger charge is 2.12. The average Bonchev–Trinajstić information content (AvgIpc) is 2.47. The van der Waals surface area contributed by atoms with Gasteiger partial charge in [-0.15, -0.1) is 0 Å². The molecule has 3 nitrogen and oxygen atoms in total. The number of rotatable bonds is 6. The van der Waals surface area contributed by atoms with E-state index in [0.717, 1.165) is 22.6 Å². The lowest BCUT2D eigenvalue weighted by Gasteiger charge is -2.19. The topological polar surface area (TPSA) is 38.7 Å². The normalized spacial score (nSPS) is 11.9. The molecule has 0 fully saturated rings. The molecule has 1 atom stereocenters. The molecule has 0 bridgehead atoms. The van der Waals surface area contributed by atoms with Crippen LogP contribution in [0.3, 0.4) is 0 Å². The summed E-state index contributed by atoms with van der Waals surface area (Å²) in [4.78, 5) is 0. The van der Waals surface area contributed by atoms with Gasteiger partial charge in [-0.2, -0.15) is 0 Å².